The van der Waals surface area contributed by atoms with Gasteiger partial charge < -0.3 is 8.22 Å². The van der Waals surface area contributed by atoms with Crippen molar-refractivity contribution in [3.05, 3.63) is 0 Å². The molecule has 17 heavy (non-hydrogen) atoms. The minimum atomic E-state index is -2.39. The summed E-state index contributed by atoms with van der Waals surface area (Å²) in [6, 6.07) is 4.56. The highest BCUT2D eigenvalue weighted by molar-refractivity contribution is 6.73. The first-order chi connectivity index (χ1) is 7.95. The summed E-state index contributed by atoms with van der Waals surface area (Å²) in [4.78, 5) is 0. The van der Waals surface area contributed by atoms with Gasteiger partial charge in [-0.1, -0.05) is 47.0 Å². The van der Waals surface area contributed by atoms with E-state index >= 15 is 0 Å². The van der Waals surface area contributed by atoms with Gasteiger partial charge in [0.1, 0.15) is 0 Å². The average molecular weight is 281 g/mol. The summed E-state index contributed by atoms with van der Waals surface area (Å²) in [5.41, 5.74) is 0. The van der Waals surface area contributed by atoms with Gasteiger partial charge in [-0.25, -0.2) is 0 Å². The fraction of sp³-hybridized carbons (Fsp3) is 1.00. The van der Waals surface area contributed by atoms with Crippen molar-refractivity contribution in [1.29, 1.82) is 0 Å². The Balaban J connectivity index is 3.72. The zero-order valence-electron chi connectivity index (χ0n) is 12.1. The largest absolute Gasteiger partial charge is 0.314 e. The Morgan fingerprint density at radius 2 is 0.882 bits per heavy atom. The Labute approximate surface area is 109 Å². The van der Waals surface area contributed by atoms with Crippen molar-refractivity contribution in [2.45, 2.75) is 83.2 Å². The second kappa shape index (κ2) is 8.41. The molecule has 0 saturated heterocycles. The molecular weight excluding hydrogens is 250 g/mol. The van der Waals surface area contributed by atoms with Crippen molar-refractivity contribution in [2.24, 2.45) is 0 Å². The maximum Gasteiger partial charge on any atom is 0.246 e. The molecule has 0 rings (SSSR count). The van der Waals surface area contributed by atoms with Gasteiger partial charge in [-0.05, 0) is 36.3 Å². The fourth-order valence-electron chi connectivity index (χ4n) is 2.27. The molecule has 0 fully saturated rings. The lowest BCUT2D eigenvalue weighted by atomic mass is 10.3. The summed E-state index contributed by atoms with van der Waals surface area (Å²) in [5.74, 6) is 0. The first-order valence-electron chi connectivity index (χ1n) is 7.33. The predicted octanol–water partition coefficient (Wildman–Crippen LogP) is 6.07. The summed E-state index contributed by atoms with van der Waals surface area (Å²) in [7, 11) is -4.78. The first kappa shape index (κ1) is 17.3. The summed E-state index contributed by atoms with van der Waals surface area (Å²) >= 11 is 0. The van der Waals surface area contributed by atoms with Crippen LogP contribution in [0.25, 0.3) is 0 Å². The number of hydrogen-bond donors (Lipinski definition) is 0. The maximum atomic E-state index is 14.1. The molecule has 0 bridgehead atoms. The van der Waals surface area contributed by atoms with Gasteiger partial charge in [-0.15, -0.1) is 0 Å². The lowest BCUT2D eigenvalue weighted by molar-refractivity contribution is 0.669. The van der Waals surface area contributed by atoms with Gasteiger partial charge in [0.05, 0.1) is 0 Å². The maximum absolute atomic E-state index is 14.1. The Morgan fingerprint density at radius 3 is 1.12 bits per heavy atom. The van der Waals surface area contributed by atoms with Crippen LogP contribution in [0.15, 0.2) is 0 Å². The summed E-state index contributed by atoms with van der Waals surface area (Å²) < 4.78 is 28.2. The van der Waals surface area contributed by atoms with Gasteiger partial charge in [0, 0.05) is 0 Å². The molecule has 0 aromatic carbocycles. The third-order valence-corrected chi connectivity index (χ3v) is 11.9. The van der Waals surface area contributed by atoms with Crippen LogP contribution >= 0.6 is 0 Å². The van der Waals surface area contributed by atoms with Crippen LogP contribution in [0.1, 0.15) is 47.0 Å². The molecule has 4 heteroatoms. The Morgan fingerprint density at radius 1 is 0.588 bits per heavy atom. The molecule has 0 atom stereocenters. The second-order valence-corrected chi connectivity index (χ2v) is 13.7. The van der Waals surface area contributed by atoms with Crippen LogP contribution in [-0.4, -0.2) is 16.8 Å². The minimum Gasteiger partial charge on any atom is -0.314 e. The normalized spacial score (nSPS) is 13.1. The third-order valence-electron chi connectivity index (χ3n) is 4.28. The number of rotatable bonds is 10. The Bertz CT molecular complexity index is 170. The number of unbranched alkanes of at least 4 members (excludes halogenated alkanes) is 2. The fourth-order valence-corrected chi connectivity index (χ4v) is 6.45. The van der Waals surface area contributed by atoms with Crippen molar-refractivity contribution >= 4 is 16.8 Å². The molecule has 0 heterocycles. The summed E-state index contributed by atoms with van der Waals surface area (Å²) in [6.07, 6.45) is 2.97. The quantitative estimate of drug-likeness (QED) is 0.259. The Hall–Kier alpha value is 0.294. The van der Waals surface area contributed by atoms with Crippen molar-refractivity contribution in [3.8, 4) is 0 Å². The smallest absolute Gasteiger partial charge is 0.246 e. The molecule has 0 amide bonds. The monoisotopic (exact) mass is 280 g/mol. The standard InChI is InChI=1S/C13H30F2Si2/c1-5-16(14,6-2)12-10-9-11-13-17(15,7-3)8-4/h5-13H2,1-4H3. The molecule has 0 aromatic heterocycles. The molecular formula is C13H30F2Si2. The molecule has 0 aromatic rings. The van der Waals surface area contributed by atoms with Crippen LogP contribution < -0.4 is 0 Å². The molecule has 0 aliphatic carbocycles. The van der Waals surface area contributed by atoms with Crippen LogP contribution in [-0.2, 0) is 0 Å². The van der Waals surface area contributed by atoms with Gasteiger partial charge in [0.2, 0.25) is 16.8 Å². The van der Waals surface area contributed by atoms with Crippen LogP contribution in [0.4, 0.5) is 8.22 Å². The molecule has 0 N–H and O–H groups in total. The zero-order valence-corrected chi connectivity index (χ0v) is 14.1. The highest BCUT2D eigenvalue weighted by Gasteiger charge is 2.30. The van der Waals surface area contributed by atoms with Crippen LogP contribution in [0.5, 0.6) is 0 Å². The van der Waals surface area contributed by atoms with Crippen molar-refractivity contribution < 1.29 is 8.22 Å². The summed E-state index contributed by atoms with van der Waals surface area (Å²) in [5, 5.41) is 0. The van der Waals surface area contributed by atoms with Gasteiger partial charge in [0.25, 0.3) is 0 Å². The lowest BCUT2D eigenvalue weighted by Crippen LogP contribution is -2.26. The second-order valence-electron chi connectivity index (χ2n) is 5.28. The first-order valence-corrected chi connectivity index (χ1v) is 12.3. The van der Waals surface area contributed by atoms with Crippen LogP contribution in [0, 0.1) is 0 Å². The number of halogens is 2. The zero-order chi connectivity index (χ0) is 13.4. The Kier molecular flexibility index (Phi) is 8.55. The molecule has 0 aliphatic heterocycles. The van der Waals surface area contributed by atoms with E-state index in [4.69, 9.17) is 0 Å². The molecule has 0 spiro atoms. The average Bonchev–Trinajstić information content (AvgIpc) is 2.37. The topological polar surface area (TPSA) is 0 Å². The molecule has 104 valence electrons. The molecule has 0 unspecified atom stereocenters. The van der Waals surface area contributed by atoms with Gasteiger partial charge >= 0.3 is 0 Å². The molecule has 0 aliphatic rings. The molecule has 0 nitrogen and oxygen atoms in total. The minimum absolute atomic E-state index is 0.745. The van der Waals surface area contributed by atoms with E-state index in [1.807, 2.05) is 27.7 Å². The summed E-state index contributed by atoms with van der Waals surface area (Å²) in [6.45, 7) is 7.90. The molecule has 0 saturated carbocycles. The number of hydrogen-bond acceptors (Lipinski definition) is 0. The van der Waals surface area contributed by atoms with Gasteiger partial charge in [-0.2, -0.15) is 0 Å². The lowest BCUT2D eigenvalue weighted by Gasteiger charge is -2.20. The highest BCUT2D eigenvalue weighted by Crippen LogP contribution is 2.28. The predicted molar refractivity (Wildman–Crippen MR) is 79.1 cm³/mol. The van der Waals surface area contributed by atoms with Crippen molar-refractivity contribution in [2.75, 3.05) is 0 Å². The highest BCUT2D eigenvalue weighted by atomic mass is 28.4. The van der Waals surface area contributed by atoms with Crippen molar-refractivity contribution in [1.82, 2.24) is 0 Å². The van der Waals surface area contributed by atoms with Crippen LogP contribution in [0.2, 0.25) is 36.3 Å². The SMILES string of the molecule is CC[Si](F)(CC)CCCCC[Si](F)(CC)CC. The van der Waals surface area contributed by atoms with Gasteiger partial charge in [0.15, 0.2) is 0 Å². The van der Waals surface area contributed by atoms with Gasteiger partial charge in [-0.3, -0.25) is 0 Å². The van der Waals surface area contributed by atoms with E-state index in [1.54, 1.807) is 0 Å². The van der Waals surface area contributed by atoms with E-state index in [0.717, 1.165) is 55.5 Å². The van der Waals surface area contributed by atoms with Crippen LogP contribution in [0.3, 0.4) is 0 Å². The van der Waals surface area contributed by atoms with Crippen molar-refractivity contribution in [3.63, 3.8) is 0 Å². The van der Waals surface area contributed by atoms with E-state index in [1.165, 1.54) is 0 Å². The van der Waals surface area contributed by atoms with E-state index in [0.29, 0.717) is 0 Å². The molecule has 0 radical (unpaired) electrons. The van der Waals surface area contributed by atoms with E-state index in [-0.39, 0.29) is 0 Å². The van der Waals surface area contributed by atoms with E-state index < -0.39 is 16.8 Å². The van der Waals surface area contributed by atoms with E-state index in [9.17, 15) is 8.22 Å². The third kappa shape index (κ3) is 6.70. The van der Waals surface area contributed by atoms with E-state index in [2.05, 4.69) is 0 Å².